The first-order valence-corrected chi connectivity index (χ1v) is 11.7. The first-order valence-electron chi connectivity index (χ1n) is 9.52. The highest BCUT2D eigenvalue weighted by atomic mass is 31.2. The van der Waals surface area contributed by atoms with Gasteiger partial charge < -0.3 is 18.8 Å². The standard InChI is InChI=1S/C22H17FNO5P/c1-30(26,16-2-3-16)19-5-4-18(29-15-9-13(12-24)8-14(23)10-15)20-17(25)11-22(21(19)20)27-6-7-28-22/h4-10,16H,2-3,11H2,1H3. The van der Waals surface area contributed by atoms with Gasteiger partial charge in [-0.3, -0.25) is 4.79 Å². The Morgan fingerprint density at radius 2 is 1.97 bits per heavy atom. The van der Waals surface area contributed by atoms with Crippen LogP contribution in [0.5, 0.6) is 11.5 Å². The van der Waals surface area contributed by atoms with Crippen LogP contribution in [0.15, 0.2) is 42.9 Å². The van der Waals surface area contributed by atoms with E-state index in [0.29, 0.717) is 10.9 Å². The van der Waals surface area contributed by atoms with Gasteiger partial charge in [-0.2, -0.15) is 5.26 Å². The number of Topliss-reactive ketones (excluding diaryl/α,β-unsaturated/α-hetero) is 1. The Labute approximate surface area is 172 Å². The Morgan fingerprint density at radius 1 is 1.23 bits per heavy atom. The van der Waals surface area contributed by atoms with E-state index in [1.807, 2.05) is 6.07 Å². The highest BCUT2D eigenvalue weighted by Crippen LogP contribution is 2.60. The number of carbonyl (C=O) groups excluding carboxylic acids is 1. The van der Waals surface area contributed by atoms with Crippen molar-refractivity contribution < 1.29 is 28.0 Å². The van der Waals surface area contributed by atoms with Gasteiger partial charge in [0.15, 0.2) is 5.78 Å². The SMILES string of the molecule is CP(=O)(c1ccc(Oc2cc(F)cc(C#N)c2)c2c1C1(CC2=O)OC=CO1)C1CC1. The van der Waals surface area contributed by atoms with Gasteiger partial charge in [0.25, 0.3) is 5.79 Å². The number of hydrogen-bond donors (Lipinski definition) is 0. The molecule has 5 rings (SSSR count). The summed E-state index contributed by atoms with van der Waals surface area (Å²) in [6.45, 7) is 1.73. The zero-order valence-electron chi connectivity index (χ0n) is 16.1. The van der Waals surface area contributed by atoms with Crippen LogP contribution >= 0.6 is 7.14 Å². The van der Waals surface area contributed by atoms with Gasteiger partial charge >= 0.3 is 0 Å². The summed E-state index contributed by atoms with van der Waals surface area (Å²) in [5, 5.41) is 9.63. The predicted octanol–water partition coefficient (Wildman–Crippen LogP) is 4.53. The van der Waals surface area contributed by atoms with E-state index in [-0.39, 0.29) is 40.5 Å². The monoisotopic (exact) mass is 425 g/mol. The van der Waals surface area contributed by atoms with Crippen LogP contribution in [0.1, 0.15) is 40.7 Å². The molecule has 2 aromatic carbocycles. The van der Waals surface area contributed by atoms with E-state index in [1.165, 1.54) is 18.6 Å². The number of nitrogens with zero attached hydrogens (tertiary/aromatic N) is 1. The van der Waals surface area contributed by atoms with Crippen LogP contribution in [0.2, 0.25) is 0 Å². The average Bonchev–Trinajstić information content (AvgIpc) is 3.41. The van der Waals surface area contributed by atoms with Crippen molar-refractivity contribution in [3.05, 3.63) is 65.4 Å². The lowest BCUT2D eigenvalue weighted by Crippen LogP contribution is -2.30. The molecule has 0 saturated heterocycles. The number of ketones is 1. The van der Waals surface area contributed by atoms with Crippen LogP contribution in [0.3, 0.4) is 0 Å². The van der Waals surface area contributed by atoms with Crippen molar-refractivity contribution in [2.75, 3.05) is 6.66 Å². The van der Waals surface area contributed by atoms with Crippen molar-refractivity contribution in [1.29, 1.82) is 5.26 Å². The molecule has 152 valence electrons. The van der Waals surface area contributed by atoms with E-state index in [9.17, 15) is 13.8 Å². The molecule has 3 aliphatic rings. The van der Waals surface area contributed by atoms with Crippen molar-refractivity contribution in [2.24, 2.45) is 0 Å². The average molecular weight is 425 g/mol. The fourth-order valence-corrected chi connectivity index (χ4v) is 6.78. The lowest BCUT2D eigenvalue weighted by atomic mass is 10.1. The number of fused-ring (bicyclic) bond motifs is 2. The molecule has 1 aliphatic heterocycles. The maximum Gasteiger partial charge on any atom is 0.285 e. The molecule has 1 atom stereocenters. The lowest BCUT2D eigenvalue weighted by molar-refractivity contribution is -0.141. The van der Waals surface area contributed by atoms with Crippen molar-refractivity contribution in [2.45, 2.75) is 30.7 Å². The Balaban J connectivity index is 1.67. The second-order valence-electron chi connectivity index (χ2n) is 7.80. The highest BCUT2D eigenvalue weighted by molar-refractivity contribution is 7.72. The van der Waals surface area contributed by atoms with Gasteiger partial charge in [0, 0.05) is 17.0 Å². The van der Waals surface area contributed by atoms with E-state index in [0.717, 1.165) is 25.0 Å². The van der Waals surface area contributed by atoms with E-state index in [1.54, 1.807) is 18.8 Å². The topological polar surface area (TPSA) is 85.6 Å². The molecule has 30 heavy (non-hydrogen) atoms. The predicted molar refractivity (Wildman–Crippen MR) is 106 cm³/mol. The molecule has 1 unspecified atom stereocenters. The van der Waals surface area contributed by atoms with Crippen molar-refractivity contribution in [3.63, 3.8) is 0 Å². The minimum Gasteiger partial charge on any atom is -0.456 e. The summed E-state index contributed by atoms with van der Waals surface area (Å²) in [6, 6.07) is 8.74. The fourth-order valence-electron chi connectivity index (χ4n) is 4.16. The smallest absolute Gasteiger partial charge is 0.285 e. The summed E-state index contributed by atoms with van der Waals surface area (Å²) < 4.78 is 44.7. The lowest BCUT2D eigenvalue weighted by Gasteiger charge is -2.27. The van der Waals surface area contributed by atoms with E-state index in [2.05, 4.69) is 0 Å². The van der Waals surface area contributed by atoms with E-state index in [4.69, 9.17) is 19.5 Å². The van der Waals surface area contributed by atoms with Gasteiger partial charge in [0.1, 0.15) is 37.0 Å². The number of hydrogen-bond acceptors (Lipinski definition) is 6. The van der Waals surface area contributed by atoms with E-state index >= 15 is 0 Å². The van der Waals surface area contributed by atoms with Crippen LogP contribution in [0, 0.1) is 17.1 Å². The molecule has 2 aliphatic carbocycles. The molecule has 1 saturated carbocycles. The third kappa shape index (κ3) is 2.83. The molecule has 8 heteroatoms. The minimum atomic E-state index is -2.77. The molecule has 0 aromatic heterocycles. The normalized spacial score (nSPS) is 20.2. The van der Waals surface area contributed by atoms with Crippen molar-refractivity contribution >= 4 is 18.2 Å². The van der Waals surface area contributed by atoms with Crippen LogP contribution < -0.4 is 10.0 Å². The van der Waals surface area contributed by atoms with E-state index < -0.39 is 18.7 Å². The quantitative estimate of drug-likeness (QED) is 0.670. The summed E-state index contributed by atoms with van der Waals surface area (Å²) in [7, 11) is -2.77. The molecular formula is C22H17FNO5P. The second-order valence-corrected chi connectivity index (χ2v) is 11.0. The number of halogens is 1. The van der Waals surface area contributed by atoms with Gasteiger partial charge in [0.05, 0.1) is 29.2 Å². The highest BCUT2D eigenvalue weighted by Gasteiger charge is 2.55. The maximum absolute atomic E-state index is 13.8. The van der Waals surface area contributed by atoms with Gasteiger partial charge in [-0.25, -0.2) is 4.39 Å². The Hall–Kier alpha value is -3.10. The Bertz CT molecular complexity index is 1200. The van der Waals surface area contributed by atoms with Crippen molar-refractivity contribution in [1.82, 2.24) is 0 Å². The molecule has 2 aromatic rings. The van der Waals surface area contributed by atoms with Gasteiger partial charge in [-0.1, -0.05) is 0 Å². The van der Waals surface area contributed by atoms with Crippen molar-refractivity contribution in [3.8, 4) is 17.6 Å². The molecule has 1 spiro atoms. The Kier molecular flexibility index (Phi) is 4.06. The molecule has 1 heterocycles. The number of rotatable bonds is 4. The number of carbonyl (C=O) groups is 1. The Morgan fingerprint density at radius 3 is 2.63 bits per heavy atom. The van der Waals surface area contributed by atoms with Gasteiger partial charge in [-0.15, -0.1) is 0 Å². The number of benzene rings is 2. The summed E-state index contributed by atoms with van der Waals surface area (Å²) in [6.07, 6.45) is 4.40. The van der Waals surface area contributed by atoms with Gasteiger partial charge in [0.2, 0.25) is 0 Å². The second kappa shape index (κ2) is 6.45. The first kappa shape index (κ1) is 18.9. The summed E-state index contributed by atoms with van der Waals surface area (Å²) >= 11 is 0. The zero-order chi connectivity index (χ0) is 21.1. The molecule has 0 amide bonds. The largest absolute Gasteiger partial charge is 0.456 e. The molecule has 0 radical (unpaired) electrons. The molecule has 0 N–H and O–H groups in total. The summed E-state index contributed by atoms with van der Waals surface area (Å²) in [5.41, 5.74) is 0.822. The molecule has 1 fully saturated rings. The van der Waals surface area contributed by atoms with Gasteiger partial charge in [-0.05, 0) is 43.8 Å². The number of nitriles is 1. The third-order valence-electron chi connectivity index (χ3n) is 5.72. The molecule has 0 bridgehead atoms. The number of ether oxygens (including phenoxy) is 3. The van der Waals surface area contributed by atoms with Crippen LogP contribution in [0.25, 0.3) is 0 Å². The summed E-state index contributed by atoms with van der Waals surface area (Å²) in [5.74, 6) is -2.00. The maximum atomic E-state index is 13.8. The molecule has 6 nitrogen and oxygen atoms in total. The van der Waals surface area contributed by atoms with Crippen LogP contribution in [-0.2, 0) is 19.8 Å². The third-order valence-corrected chi connectivity index (χ3v) is 8.96. The minimum absolute atomic E-state index is 0.0805. The van der Waals surface area contributed by atoms with Crippen LogP contribution in [-0.4, -0.2) is 18.1 Å². The summed E-state index contributed by atoms with van der Waals surface area (Å²) in [4.78, 5) is 13.0. The van der Waals surface area contributed by atoms with Crippen LogP contribution in [0.4, 0.5) is 4.39 Å². The molecular weight excluding hydrogens is 408 g/mol. The zero-order valence-corrected chi connectivity index (χ0v) is 16.9. The first-order chi connectivity index (χ1) is 14.3. The fraction of sp³-hybridized carbons (Fsp3) is 0.273.